The molecule has 94 valence electrons. The van der Waals surface area contributed by atoms with Crippen molar-refractivity contribution in [1.29, 1.82) is 0 Å². The van der Waals surface area contributed by atoms with Crippen molar-refractivity contribution in [2.75, 3.05) is 0 Å². The van der Waals surface area contributed by atoms with Crippen LogP contribution in [0.4, 0.5) is 0 Å². The van der Waals surface area contributed by atoms with E-state index >= 15 is 0 Å². The minimum Gasteiger partial charge on any atom is -0.458 e. The summed E-state index contributed by atoms with van der Waals surface area (Å²) < 4.78 is 5.31. The Hall–Kier alpha value is -1.31. The van der Waals surface area contributed by atoms with Gasteiger partial charge in [0.2, 0.25) is 0 Å². The van der Waals surface area contributed by atoms with E-state index in [9.17, 15) is 4.79 Å². The standard InChI is InChI=1S/C15H22O2/c1-6-14(17-11(2)16)12-8-7-9-13(10-12)15(3,4)5/h7-10,14H,6H2,1-5H3. The smallest absolute Gasteiger partial charge is 0.303 e. The molecule has 0 radical (unpaired) electrons. The van der Waals surface area contributed by atoms with Crippen LogP contribution in [0, 0.1) is 0 Å². The quantitative estimate of drug-likeness (QED) is 0.739. The van der Waals surface area contributed by atoms with Crippen LogP contribution in [0.2, 0.25) is 0 Å². The van der Waals surface area contributed by atoms with Crippen molar-refractivity contribution in [2.45, 2.75) is 52.6 Å². The Morgan fingerprint density at radius 3 is 2.47 bits per heavy atom. The van der Waals surface area contributed by atoms with Crippen molar-refractivity contribution in [3.05, 3.63) is 35.4 Å². The molecule has 1 aromatic carbocycles. The fraction of sp³-hybridized carbons (Fsp3) is 0.533. The lowest BCUT2D eigenvalue weighted by atomic mass is 9.85. The molecule has 0 spiro atoms. The van der Waals surface area contributed by atoms with Crippen molar-refractivity contribution in [3.63, 3.8) is 0 Å². The van der Waals surface area contributed by atoms with Crippen LogP contribution in [-0.4, -0.2) is 5.97 Å². The summed E-state index contributed by atoms with van der Waals surface area (Å²) in [6.45, 7) is 10.0. The summed E-state index contributed by atoms with van der Waals surface area (Å²) in [5.74, 6) is -0.224. The Morgan fingerprint density at radius 2 is 2.00 bits per heavy atom. The van der Waals surface area contributed by atoms with E-state index in [-0.39, 0.29) is 17.5 Å². The van der Waals surface area contributed by atoms with Crippen molar-refractivity contribution in [3.8, 4) is 0 Å². The number of hydrogen-bond acceptors (Lipinski definition) is 2. The first-order chi connectivity index (χ1) is 7.84. The maximum absolute atomic E-state index is 11.0. The predicted molar refractivity (Wildman–Crippen MR) is 69.9 cm³/mol. The fourth-order valence-corrected chi connectivity index (χ4v) is 1.79. The third-order valence-electron chi connectivity index (χ3n) is 2.80. The molecule has 1 unspecified atom stereocenters. The van der Waals surface area contributed by atoms with E-state index in [1.807, 2.05) is 19.1 Å². The number of carbonyl (C=O) groups is 1. The van der Waals surface area contributed by atoms with Gasteiger partial charge in [0.1, 0.15) is 6.10 Å². The number of benzene rings is 1. The van der Waals surface area contributed by atoms with Gasteiger partial charge in [-0.05, 0) is 23.0 Å². The van der Waals surface area contributed by atoms with Gasteiger partial charge in [0, 0.05) is 6.92 Å². The highest BCUT2D eigenvalue weighted by atomic mass is 16.5. The van der Waals surface area contributed by atoms with E-state index in [0.29, 0.717) is 0 Å². The van der Waals surface area contributed by atoms with Crippen LogP contribution >= 0.6 is 0 Å². The lowest BCUT2D eigenvalue weighted by Gasteiger charge is -2.22. The molecule has 0 aliphatic rings. The van der Waals surface area contributed by atoms with Gasteiger partial charge >= 0.3 is 5.97 Å². The SMILES string of the molecule is CCC(OC(C)=O)c1cccc(C(C)(C)C)c1. The monoisotopic (exact) mass is 234 g/mol. The van der Waals surface area contributed by atoms with Crippen LogP contribution in [0.25, 0.3) is 0 Å². The molecule has 0 N–H and O–H groups in total. The van der Waals surface area contributed by atoms with Gasteiger partial charge in [-0.2, -0.15) is 0 Å². The molecular formula is C15H22O2. The fourth-order valence-electron chi connectivity index (χ4n) is 1.79. The Balaban J connectivity index is 3.01. The van der Waals surface area contributed by atoms with Crippen LogP contribution in [0.3, 0.4) is 0 Å². The number of carbonyl (C=O) groups excluding carboxylic acids is 1. The minimum atomic E-state index is -0.224. The Morgan fingerprint density at radius 1 is 1.35 bits per heavy atom. The highest BCUT2D eigenvalue weighted by molar-refractivity contribution is 5.66. The molecule has 2 nitrogen and oxygen atoms in total. The minimum absolute atomic E-state index is 0.116. The van der Waals surface area contributed by atoms with Crippen LogP contribution in [0.1, 0.15) is 58.3 Å². The summed E-state index contributed by atoms with van der Waals surface area (Å²) >= 11 is 0. The molecule has 1 aromatic rings. The number of hydrogen-bond donors (Lipinski definition) is 0. The molecular weight excluding hydrogens is 212 g/mol. The van der Waals surface area contributed by atoms with E-state index in [2.05, 4.69) is 32.9 Å². The van der Waals surface area contributed by atoms with Gasteiger partial charge in [-0.15, -0.1) is 0 Å². The van der Waals surface area contributed by atoms with Crippen molar-refractivity contribution >= 4 is 5.97 Å². The van der Waals surface area contributed by atoms with Crippen LogP contribution in [-0.2, 0) is 14.9 Å². The molecule has 17 heavy (non-hydrogen) atoms. The van der Waals surface area contributed by atoms with Gasteiger partial charge in [0.05, 0.1) is 0 Å². The molecule has 0 saturated carbocycles. The second kappa shape index (κ2) is 5.35. The van der Waals surface area contributed by atoms with Gasteiger partial charge < -0.3 is 4.74 Å². The van der Waals surface area contributed by atoms with E-state index < -0.39 is 0 Å². The molecule has 0 amide bonds. The van der Waals surface area contributed by atoms with E-state index in [0.717, 1.165) is 12.0 Å². The second-order valence-corrected chi connectivity index (χ2v) is 5.38. The summed E-state index contributed by atoms with van der Waals surface area (Å²) in [7, 11) is 0. The zero-order valence-electron chi connectivity index (χ0n) is 11.4. The maximum Gasteiger partial charge on any atom is 0.303 e. The largest absolute Gasteiger partial charge is 0.458 e. The molecule has 0 saturated heterocycles. The summed E-state index contributed by atoms with van der Waals surface area (Å²) in [5, 5.41) is 0. The normalized spacial score (nSPS) is 13.2. The highest BCUT2D eigenvalue weighted by Gasteiger charge is 2.17. The molecule has 0 heterocycles. The van der Waals surface area contributed by atoms with Gasteiger partial charge in [-0.25, -0.2) is 0 Å². The average molecular weight is 234 g/mol. The van der Waals surface area contributed by atoms with Gasteiger partial charge in [0.15, 0.2) is 0 Å². The molecule has 0 bridgehead atoms. The summed E-state index contributed by atoms with van der Waals surface area (Å²) in [6, 6.07) is 8.30. The lowest BCUT2D eigenvalue weighted by Crippen LogP contribution is -2.13. The first kappa shape index (κ1) is 13.8. The van der Waals surface area contributed by atoms with Gasteiger partial charge in [0.25, 0.3) is 0 Å². The van der Waals surface area contributed by atoms with Crippen molar-refractivity contribution in [2.24, 2.45) is 0 Å². The molecule has 2 heteroatoms. The average Bonchev–Trinajstić information content (AvgIpc) is 2.24. The first-order valence-corrected chi connectivity index (χ1v) is 6.12. The van der Waals surface area contributed by atoms with Crippen molar-refractivity contribution < 1.29 is 9.53 Å². The molecule has 0 aliphatic heterocycles. The third kappa shape index (κ3) is 3.88. The highest BCUT2D eigenvalue weighted by Crippen LogP contribution is 2.27. The summed E-state index contributed by atoms with van der Waals surface area (Å²) in [4.78, 5) is 11.0. The topological polar surface area (TPSA) is 26.3 Å². The zero-order valence-corrected chi connectivity index (χ0v) is 11.4. The predicted octanol–water partition coefficient (Wildman–Crippen LogP) is 4.00. The molecule has 0 aromatic heterocycles. The van der Waals surface area contributed by atoms with Gasteiger partial charge in [-0.3, -0.25) is 4.79 Å². The van der Waals surface area contributed by atoms with Gasteiger partial charge in [-0.1, -0.05) is 52.0 Å². The summed E-state index contributed by atoms with van der Waals surface area (Å²) in [5.41, 5.74) is 2.46. The second-order valence-electron chi connectivity index (χ2n) is 5.38. The van der Waals surface area contributed by atoms with E-state index in [4.69, 9.17) is 4.74 Å². The number of ether oxygens (including phenoxy) is 1. The molecule has 0 fully saturated rings. The first-order valence-electron chi connectivity index (χ1n) is 6.12. The molecule has 1 atom stereocenters. The molecule has 0 aliphatic carbocycles. The van der Waals surface area contributed by atoms with E-state index in [1.165, 1.54) is 12.5 Å². The number of esters is 1. The Labute approximate surface area is 104 Å². The van der Waals surface area contributed by atoms with Crippen LogP contribution < -0.4 is 0 Å². The Kier molecular flexibility index (Phi) is 4.33. The lowest BCUT2D eigenvalue weighted by molar-refractivity contribution is -0.146. The van der Waals surface area contributed by atoms with Crippen molar-refractivity contribution in [1.82, 2.24) is 0 Å². The Bertz CT molecular complexity index is 388. The zero-order chi connectivity index (χ0) is 13.1. The van der Waals surface area contributed by atoms with Crippen LogP contribution in [0.5, 0.6) is 0 Å². The molecule has 1 rings (SSSR count). The third-order valence-corrected chi connectivity index (χ3v) is 2.80. The van der Waals surface area contributed by atoms with Crippen LogP contribution in [0.15, 0.2) is 24.3 Å². The summed E-state index contributed by atoms with van der Waals surface area (Å²) in [6.07, 6.45) is 0.669. The maximum atomic E-state index is 11.0. The number of rotatable bonds is 3. The van der Waals surface area contributed by atoms with E-state index in [1.54, 1.807) is 0 Å².